The number of benzene rings is 1. The zero-order valence-corrected chi connectivity index (χ0v) is 45.1. The minimum absolute atomic E-state index is 0.135. The Bertz CT molecular complexity index is 2260. The Morgan fingerprint density at radius 1 is 0.633 bits per heavy atom. The van der Waals surface area contributed by atoms with Crippen LogP contribution in [0.25, 0.3) is 0 Å². The number of aliphatic hydroxyl groups excluding tert-OH is 10. The van der Waals surface area contributed by atoms with Crippen LogP contribution in [-0.4, -0.2) is 177 Å². The van der Waals surface area contributed by atoms with Gasteiger partial charge in [0.1, 0.15) is 29.7 Å². The van der Waals surface area contributed by atoms with E-state index in [1.807, 2.05) is 19.9 Å². The van der Waals surface area contributed by atoms with Gasteiger partial charge in [-0.25, -0.2) is 0 Å². The summed E-state index contributed by atoms with van der Waals surface area (Å²) in [6.07, 6.45) is 0.194. The maximum atomic E-state index is 13.3. The fraction of sp³-hybridized carbons (Fsp3) is 0.569. The van der Waals surface area contributed by atoms with E-state index in [1.54, 1.807) is 91.1 Å². The van der Waals surface area contributed by atoms with Gasteiger partial charge >= 0.3 is 11.9 Å². The summed E-state index contributed by atoms with van der Waals surface area (Å²) in [6, 6.07) is 5.18. The smallest absolute Gasteiger partial charge is 0.311 e. The number of carboxylic acids is 1. The van der Waals surface area contributed by atoms with Gasteiger partial charge in [0.2, 0.25) is 0 Å². The molecule has 440 valence electrons. The molecule has 1 aromatic rings. The van der Waals surface area contributed by atoms with Crippen LogP contribution in [0.15, 0.2) is 109 Å². The number of hydrogen-bond acceptors (Lipinski definition) is 20. The molecule has 1 fully saturated rings. The van der Waals surface area contributed by atoms with Gasteiger partial charge in [-0.2, -0.15) is 0 Å². The first-order valence-electron chi connectivity index (χ1n) is 26.7. The number of aliphatic hydroxyl groups is 10. The van der Waals surface area contributed by atoms with E-state index in [4.69, 9.17) is 25.7 Å². The Balaban J connectivity index is 1.83. The highest BCUT2D eigenvalue weighted by atomic mass is 16.7. The van der Waals surface area contributed by atoms with Crippen molar-refractivity contribution in [1.29, 1.82) is 0 Å². The lowest BCUT2D eigenvalue weighted by atomic mass is 9.88. The molecule has 2 heterocycles. The molecule has 1 saturated heterocycles. The van der Waals surface area contributed by atoms with Crippen LogP contribution in [0, 0.1) is 17.8 Å². The van der Waals surface area contributed by atoms with E-state index in [0.717, 1.165) is 0 Å². The molecular formula is C58H84N2O19. The molecule has 21 nitrogen and oxygen atoms in total. The number of allylic oxidation sites excluding steroid dienone is 12. The number of nitrogen functional groups attached to an aromatic ring is 1. The predicted octanol–water partition coefficient (Wildman–Crippen LogP) is 2.13. The van der Waals surface area contributed by atoms with Crippen molar-refractivity contribution in [3.05, 3.63) is 115 Å². The molecule has 21 heteroatoms. The van der Waals surface area contributed by atoms with Gasteiger partial charge in [-0.15, -0.1) is 0 Å². The first kappa shape index (κ1) is 67.9. The molecular weight excluding hydrogens is 1030 g/mol. The fourth-order valence-corrected chi connectivity index (χ4v) is 9.23. The minimum atomic E-state index is -1.97. The standard InChI is InChI=1S/C58H84N2O19/c1-34-16-14-12-10-8-6-4-5-7-9-11-13-15-17-47(78-58-55(74)53(60)54(73)36(3)77-58)33-50(71)52(57(75)76)49(70)31-45(67)28-43(65)26-41(63)24-40(62)25-42(64)27-44(66)29-46(68)32-51(72)79-56(34)35(2)18-23-39(61)30-48(69)37-19-21-38(59)22-20-37/h4-17,19-22,34-36,39-43,46-47,49-50,52-56,58,61-65,68,70-71,73-74H,18,23-33,59-60H2,1-3H3,(H,75,76)/b5-4+,8-6+,9-7+,12-10+,13-11+,16-14+,17-15+/t34?,35?,36-,39?,40?,41?,42?,43?,46?,47?,49?,50?,52?,53+,54-,55+,56?,58+/m0/s1. The molecule has 0 spiro atoms. The third-order valence-electron chi connectivity index (χ3n) is 13.6. The van der Waals surface area contributed by atoms with Crippen LogP contribution in [0.5, 0.6) is 0 Å². The zero-order valence-electron chi connectivity index (χ0n) is 45.1. The van der Waals surface area contributed by atoms with Crippen LogP contribution < -0.4 is 11.5 Å². The molecule has 79 heavy (non-hydrogen) atoms. The monoisotopic (exact) mass is 1110 g/mol. The van der Waals surface area contributed by atoms with Crippen LogP contribution in [0.3, 0.4) is 0 Å². The second-order valence-corrected chi connectivity index (χ2v) is 20.7. The summed E-state index contributed by atoms with van der Waals surface area (Å²) >= 11 is 0. The number of nitrogens with two attached hydrogens (primary N) is 2. The molecule has 0 aliphatic carbocycles. The SMILES string of the molecule is CC1/C=C/C=C/C=C/C=C/C=C/C=C/C=C/C(O[C@H]2O[C@@H](C)[C@H](O)[C@@H](N)[C@H]2O)CC(O)C(C(=O)O)C(O)CC(=O)CC(O)CC(O)CC(O)CC(O)CC(=O)CC(O)CC(=O)OC1C(C)CCC(O)CC(=O)c1ccc(N)cc1. The van der Waals surface area contributed by atoms with Crippen molar-refractivity contribution in [2.75, 3.05) is 5.73 Å². The van der Waals surface area contributed by atoms with E-state index < -0.39 is 179 Å². The summed E-state index contributed by atoms with van der Waals surface area (Å²) in [4.78, 5) is 64.3. The minimum Gasteiger partial charge on any atom is -0.481 e. The highest BCUT2D eigenvalue weighted by Gasteiger charge is 2.43. The Morgan fingerprint density at radius 2 is 1.13 bits per heavy atom. The van der Waals surface area contributed by atoms with Crippen molar-refractivity contribution < 1.29 is 94.4 Å². The lowest BCUT2D eigenvalue weighted by molar-refractivity contribution is -0.277. The molecule has 3 rings (SSSR count). The summed E-state index contributed by atoms with van der Waals surface area (Å²) in [5, 5.41) is 117. The first-order chi connectivity index (χ1) is 37.3. The number of rotatable bonds is 10. The molecule has 15 N–H and O–H groups in total. The van der Waals surface area contributed by atoms with E-state index in [-0.39, 0.29) is 30.5 Å². The van der Waals surface area contributed by atoms with Crippen LogP contribution in [0.2, 0.25) is 0 Å². The third kappa shape index (κ3) is 25.7. The molecule has 13 unspecified atom stereocenters. The number of ketones is 3. The number of cyclic esters (lactones) is 1. The Labute approximate surface area is 461 Å². The molecule has 1 aromatic carbocycles. The van der Waals surface area contributed by atoms with Gasteiger partial charge in [-0.1, -0.05) is 98.9 Å². The second-order valence-electron chi connectivity index (χ2n) is 20.7. The number of carbonyl (C=O) groups is 5. The van der Waals surface area contributed by atoms with Gasteiger partial charge in [0.15, 0.2) is 12.1 Å². The Morgan fingerprint density at radius 3 is 1.67 bits per heavy atom. The molecule has 2 aliphatic heterocycles. The van der Waals surface area contributed by atoms with E-state index in [9.17, 15) is 80.1 Å². The van der Waals surface area contributed by atoms with Crippen molar-refractivity contribution >= 4 is 35.0 Å². The van der Waals surface area contributed by atoms with Gasteiger partial charge in [0, 0.05) is 55.7 Å². The maximum Gasteiger partial charge on any atom is 0.311 e. The van der Waals surface area contributed by atoms with Crippen molar-refractivity contribution in [2.45, 2.75) is 190 Å². The number of aliphatic carboxylic acids is 1. The second kappa shape index (κ2) is 35.4. The van der Waals surface area contributed by atoms with Gasteiger partial charge in [-0.3, -0.25) is 24.0 Å². The van der Waals surface area contributed by atoms with Crippen LogP contribution >= 0.6 is 0 Å². The van der Waals surface area contributed by atoms with E-state index >= 15 is 0 Å². The molecule has 0 radical (unpaired) electrons. The van der Waals surface area contributed by atoms with Gasteiger partial charge in [0.05, 0.1) is 79.6 Å². The van der Waals surface area contributed by atoms with Crippen molar-refractivity contribution in [2.24, 2.45) is 23.5 Å². The van der Waals surface area contributed by atoms with Gasteiger partial charge < -0.3 is 81.8 Å². The van der Waals surface area contributed by atoms with Crippen LogP contribution in [0.1, 0.15) is 108 Å². The molecule has 0 bridgehead atoms. The summed E-state index contributed by atoms with van der Waals surface area (Å²) in [5.74, 6) is -6.88. The first-order valence-corrected chi connectivity index (χ1v) is 26.7. The lowest BCUT2D eigenvalue weighted by Crippen LogP contribution is -2.61. The van der Waals surface area contributed by atoms with Crippen LogP contribution in [-0.2, 0) is 33.4 Å². The maximum absolute atomic E-state index is 13.3. The average molecular weight is 1110 g/mol. The van der Waals surface area contributed by atoms with E-state index in [0.29, 0.717) is 17.7 Å². The number of anilines is 1. The Kier molecular flexibility index (Phi) is 30.4. The quantitative estimate of drug-likeness (QED) is 0.0906. The van der Waals surface area contributed by atoms with Gasteiger partial charge in [-0.05, 0) is 69.2 Å². The summed E-state index contributed by atoms with van der Waals surface area (Å²) in [7, 11) is 0. The molecule has 0 saturated carbocycles. The fourth-order valence-electron chi connectivity index (χ4n) is 9.23. The van der Waals surface area contributed by atoms with Crippen LogP contribution in [0.4, 0.5) is 5.69 Å². The lowest BCUT2D eigenvalue weighted by Gasteiger charge is -2.41. The molecule has 18 atom stereocenters. The largest absolute Gasteiger partial charge is 0.481 e. The van der Waals surface area contributed by atoms with Crippen molar-refractivity contribution in [3.63, 3.8) is 0 Å². The number of ether oxygens (including phenoxy) is 3. The van der Waals surface area contributed by atoms with Crippen molar-refractivity contribution in [1.82, 2.24) is 0 Å². The van der Waals surface area contributed by atoms with E-state index in [2.05, 4.69) is 0 Å². The number of carboxylic acid groups (broad SMARTS) is 1. The zero-order chi connectivity index (χ0) is 58.8. The van der Waals surface area contributed by atoms with Crippen molar-refractivity contribution in [3.8, 4) is 0 Å². The van der Waals surface area contributed by atoms with Gasteiger partial charge in [0.25, 0.3) is 0 Å². The predicted molar refractivity (Wildman–Crippen MR) is 291 cm³/mol. The summed E-state index contributed by atoms with van der Waals surface area (Å²) < 4.78 is 17.4. The summed E-state index contributed by atoms with van der Waals surface area (Å²) in [5.41, 5.74) is 12.6. The third-order valence-corrected chi connectivity index (χ3v) is 13.6. The highest BCUT2D eigenvalue weighted by Crippen LogP contribution is 2.28. The number of carbonyl (C=O) groups excluding carboxylic acids is 4. The topological polar surface area (TPSA) is 388 Å². The highest BCUT2D eigenvalue weighted by molar-refractivity contribution is 5.96. The molecule has 0 amide bonds. The normalized spacial score (nSPS) is 36.2. The number of esters is 1. The number of hydrogen-bond donors (Lipinski definition) is 13. The van der Waals surface area contributed by atoms with E-state index in [1.165, 1.54) is 19.1 Å². The molecule has 2 aliphatic rings. The summed E-state index contributed by atoms with van der Waals surface area (Å²) in [6.45, 7) is 5.16. The molecule has 0 aromatic heterocycles. The Hall–Kier alpha value is -5.37. The average Bonchev–Trinajstić information content (AvgIpc) is 3.35. The number of Topliss-reactive ketones (excluding diaryl/α,β-unsaturated/α-hetero) is 3.